The van der Waals surface area contributed by atoms with E-state index in [1.54, 1.807) is 0 Å². The van der Waals surface area contributed by atoms with Gasteiger partial charge in [0.2, 0.25) is 0 Å². The van der Waals surface area contributed by atoms with Crippen LogP contribution < -0.4 is 4.90 Å². The van der Waals surface area contributed by atoms with Crippen LogP contribution in [0.1, 0.15) is 47.2 Å². The van der Waals surface area contributed by atoms with E-state index in [0.717, 1.165) is 17.1 Å². The molecule has 0 bridgehead atoms. The van der Waals surface area contributed by atoms with E-state index in [0.29, 0.717) is 0 Å². The van der Waals surface area contributed by atoms with Crippen LogP contribution in [0.15, 0.2) is 218 Å². The van der Waals surface area contributed by atoms with Gasteiger partial charge in [0, 0.05) is 38.9 Å². The molecule has 10 aromatic carbocycles. The van der Waals surface area contributed by atoms with Crippen molar-refractivity contribution in [3.8, 4) is 39.1 Å². The fourth-order valence-corrected chi connectivity index (χ4v) is 12.3. The van der Waals surface area contributed by atoms with Crippen LogP contribution >= 0.6 is 0 Å². The zero-order valence-corrected chi connectivity index (χ0v) is 35.7. The summed E-state index contributed by atoms with van der Waals surface area (Å²) in [7, 11) is 0. The first-order chi connectivity index (χ1) is 31.5. The van der Waals surface area contributed by atoms with Gasteiger partial charge in [0.15, 0.2) is 0 Å². The van der Waals surface area contributed by atoms with Crippen molar-refractivity contribution in [3.05, 3.63) is 252 Å². The Hall–Kier alpha value is -7.94. The molecule has 0 atom stereocenters. The van der Waals surface area contributed by atoms with E-state index >= 15 is 0 Å². The predicted molar refractivity (Wildman–Crippen MR) is 267 cm³/mol. The maximum atomic E-state index is 2.58. The van der Waals surface area contributed by atoms with Gasteiger partial charge in [-0.15, -0.1) is 0 Å². The molecule has 1 spiro atoms. The van der Waals surface area contributed by atoms with Gasteiger partial charge in [-0.3, -0.25) is 0 Å². The molecular weight excluding hydrogens is 773 g/mol. The summed E-state index contributed by atoms with van der Waals surface area (Å²) in [5, 5.41) is 5.31. The first-order valence-electron chi connectivity index (χ1n) is 22.5. The molecule has 0 radical (unpaired) electrons. The third-order valence-corrected chi connectivity index (χ3v) is 15.0. The van der Waals surface area contributed by atoms with Crippen molar-refractivity contribution in [1.82, 2.24) is 4.57 Å². The number of hydrogen-bond acceptors (Lipinski definition) is 1. The van der Waals surface area contributed by atoms with Gasteiger partial charge in [-0.1, -0.05) is 172 Å². The van der Waals surface area contributed by atoms with E-state index in [4.69, 9.17) is 0 Å². The molecule has 0 unspecified atom stereocenters. The van der Waals surface area contributed by atoms with Crippen LogP contribution in [0, 0.1) is 0 Å². The summed E-state index contributed by atoms with van der Waals surface area (Å²) >= 11 is 0. The van der Waals surface area contributed by atoms with Crippen molar-refractivity contribution in [2.75, 3.05) is 4.90 Å². The first-order valence-corrected chi connectivity index (χ1v) is 22.5. The third-order valence-electron chi connectivity index (χ3n) is 15.0. The molecule has 0 amide bonds. The van der Waals surface area contributed by atoms with Gasteiger partial charge >= 0.3 is 0 Å². The van der Waals surface area contributed by atoms with Gasteiger partial charge in [0.05, 0.1) is 16.4 Å². The molecule has 0 saturated heterocycles. The number of para-hydroxylation sites is 2. The fourth-order valence-electron chi connectivity index (χ4n) is 12.3. The lowest BCUT2D eigenvalue weighted by molar-refractivity contribution is 0.660. The minimum absolute atomic E-state index is 0.124. The molecule has 2 nitrogen and oxygen atoms in total. The van der Waals surface area contributed by atoms with Crippen LogP contribution in [0.5, 0.6) is 0 Å². The second-order valence-corrected chi connectivity index (χ2v) is 18.4. The lowest BCUT2D eigenvalue weighted by Gasteiger charge is -2.38. The molecule has 1 aromatic heterocycles. The van der Waals surface area contributed by atoms with E-state index in [1.807, 2.05) is 0 Å². The maximum absolute atomic E-state index is 2.58. The number of aromatic nitrogens is 1. The number of anilines is 3. The zero-order chi connectivity index (χ0) is 42.3. The van der Waals surface area contributed by atoms with Gasteiger partial charge in [-0.25, -0.2) is 0 Å². The Morgan fingerprint density at radius 2 is 0.859 bits per heavy atom. The Labute approximate surface area is 372 Å². The monoisotopic (exact) mass is 814 g/mol. The molecule has 3 aliphatic rings. The van der Waals surface area contributed by atoms with Crippen molar-refractivity contribution >= 4 is 49.6 Å². The van der Waals surface area contributed by atoms with Crippen LogP contribution in [0.25, 0.3) is 71.6 Å². The van der Waals surface area contributed by atoms with Crippen molar-refractivity contribution in [3.63, 3.8) is 0 Å². The highest BCUT2D eigenvalue weighted by molar-refractivity contribution is 6.29. The number of benzene rings is 10. The average molecular weight is 815 g/mol. The average Bonchev–Trinajstić information content (AvgIpc) is 3.93. The summed E-state index contributed by atoms with van der Waals surface area (Å²) in [6, 6.07) is 81.8. The van der Waals surface area contributed by atoms with Gasteiger partial charge in [-0.2, -0.15) is 0 Å². The Morgan fingerprint density at radius 3 is 1.52 bits per heavy atom. The lowest BCUT2D eigenvalue weighted by atomic mass is 9.63. The van der Waals surface area contributed by atoms with Crippen molar-refractivity contribution in [2.45, 2.75) is 24.7 Å². The van der Waals surface area contributed by atoms with Crippen LogP contribution in [0.3, 0.4) is 0 Å². The molecule has 64 heavy (non-hydrogen) atoms. The second-order valence-electron chi connectivity index (χ2n) is 18.4. The summed E-state index contributed by atoms with van der Waals surface area (Å²) in [6.07, 6.45) is 0. The molecule has 300 valence electrons. The van der Waals surface area contributed by atoms with Crippen molar-refractivity contribution in [2.24, 2.45) is 0 Å². The van der Waals surface area contributed by atoms with Gasteiger partial charge < -0.3 is 9.47 Å². The molecule has 3 aliphatic carbocycles. The molecule has 0 fully saturated rings. The van der Waals surface area contributed by atoms with Gasteiger partial charge in [-0.05, 0) is 138 Å². The summed E-state index contributed by atoms with van der Waals surface area (Å²) in [5.41, 5.74) is 22.4. The number of hydrogen-bond donors (Lipinski definition) is 0. The number of fused-ring (bicyclic) bond motifs is 10. The van der Waals surface area contributed by atoms with Gasteiger partial charge in [0.25, 0.3) is 0 Å². The van der Waals surface area contributed by atoms with Gasteiger partial charge in [0.1, 0.15) is 0 Å². The van der Waals surface area contributed by atoms with E-state index < -0.39 is 5.41 Å². The highest BCUT2D eigenvalue weighted by atomic mass is 15.1. The molecule has 11 aromatic rings. The maximum Gasteiger partial charge on any atom is 0.0726 e. The molecule has 2 heteroatoms. The topological polar surface area (TPSA) is 8.17 Å². The van der Waals surface area contributed by atoms with Crippen LogP contribution in [-0.4, -0.2) is 4.57 Å². The van der Waals surface area contributed by atoms with E-state index in [-0.39, 0.29) is 5.41 Å². The molecule has 0 N–H and O–H groups in total. The standard InChI is InChI=1S/C62H42N2/c1-61(2)50-25-12-9-21-44(50)47-36-35-43(37-55(47)61)64-56-30-16-29-54-59(56)60-57(64)38-49(39-31-33-42(34-32-39)63(40-17-5-3-6-18-40)41-19-7-4-8-20-41)48-24-15-28-53(58(48)60)62(54)51-26-13-10-22-45(51)46-23-11-14-27-52(46)62/h3-38H,1-2H3. The number of rotatable bonds is 5. The normalized spacial score (nSPS) is 14.3. The van der Waals surface area contributed by atoms with Crippen molar-refractivity contribution in [1.29, 1.82) is 0 Å². The minimum atomic E-state index is -0.492. The van der Waals surface area contributed by atoms with Crippen LogP contribution in [0.4, 0.5) is 17.1 Å². The quantitative estimate of drug-likeness (QED) is 0.168. The second kappa shape index (κ2) is 12.8. The van der Waals surface area contributed by atoms with Crippen molar-refractivity contribution < 1.29 is 0 Å². The smallest absolute Gasteiger partial charge is 0.0726 e. The minimum Gasteiger partial charge on any atom is -0.311 e. The summed E-state index contributed by atoms with van der Waals surface area (Å²) in [6.45, 7) is 4.77. The highest BCUT2D eigenvalue weighted by Crippen LogP contribution is 2.63. The van der Waals surface area contributed by atoms with E-state index in [1.165, 1.54) is 105 Å². The first kappa shape index (κ1) is 35.6. The fraction of sp³-hybridized carbons (Fsp3) is 0.0645. The molecule has 0 aliphatic heterocycles. The molecule has 14 rings (SSSR count). The van der Waals surface area contributed by atoms with E-state index in [2.05, 4.69) is 242 Å². The molecular formula is C62H42N2. The summed E-state index contributed by atoms with van der Waals surface area (Å²) in [4.78, 5) is 2.34. The Kier molecular flexibility index (Phi) is 7.13. The predicted octanol–water partition coefficient (Wildman–Crippen LogP) is 16.1. The lowest BCUT2D eigenvalue weighted by Crippen LogP contribution is -2.30. The number of nitrogens with zero attached hydrogens (tertiary/aromatic N) is 2. The third kappa shape index (κ3) is 4.49. The zero-order valence-electron chi connectivity index (χ0n) is 35.7. The van der Waals surface area contributed by atoms with Crippen LogP contribution in [0.2, 0.25) is 0 Å². The Bertz CT molecular complexity index is 3660. The summed E-state index contributed by atoms with van der Waals surface area (Å²) in [5.74, 6) is 0. The summed E-state index contributed by atoms with van der Waals surface area (Å²) < 4.78 is 2.58. The Morgan fingerprint density at radius 1 is 0.344 bits per heavy atom. The SMILES string of the molecule is CC1(C)c2ccccc2-c2ccc(-n3c4cccc5c4c4c6c(cccc6c(-c6ccc(N(c7ccccc7)c7ccccc7)cc6)cc43)C53c4ccccc4-c4ccccc43)cc21. The van der Waals surface area contributed by atoms with E-state index in [9.17, 15) is 0 Å². The highest BCUT2D eigenvalue weighted by Gasteiger charge is 2.50. The Balaban J connectivity index is 1.08. The molecule has 1 heterocycles. The molecule has 0 saturated carbocycles. The largest absolute Gasteiger partial charge is 0.311 e. The van der Waals surface area contributed by atoms with Crippen LogP contribution in [-0.2, 0) is 10.8 Å².